The van der Waals surface area contributed by atoms with Crippen molar-refractivity contribution in [1.82, 2.24) is 0 Å². The Hall–Kier alpha value is -4.49. The largest absolute Gasteiger partial charge is 0.478 e. The van der Waals surface area contributed by atoms with Crippen LogP contribution in [0.25, 0.3) is 11.1 Å². The molecule has 0 radical (unpaired) electrons. The van der Waals surface area contributed by atoms with Crippen LogP contribution < -0.4 is 15.4 Å². The van der Waals surface area contributed by atoms with E-state index in [1.54, 1.807) is 24.3 Å². The molecular weight excluding hydrogens is 588 g/mol. The smallest absolute Gasteiger partial charge is 0.340 e. The van der Waals surface area contributed by atoms with E-state index in [0.717, 1.165) is 61.2 Å². The second-order valence-corrected chi connectivity index (χ2v) is 11.8. The number of esters is 1. The lowest BCUT2D eigenvalue weighted by Gasteiger charge is -2.34. The molecule has 1 aliphatic heterocycles. The summed E-state index contributed by atoms with van der Waals surface area (Å²) >= 11 is 6.65. The number of aryl methyl sites for hydroxylation is 1. The predicted molar refractivity (Wildman–Crippen MR) is 180 cm³/mol. The molecule has 1 atom stereocenters. The standard InChI is InChI=1S/C37H39ClN2O5/c1-5-7-19-40(20-8-6-2)23-17-18-26-28(21-23)45-35-31(29(26)24-14-10-9-13-22(24)3)32(36(41)42)30(25-15-11-12-16-27(25)38)33(34(35)39)37(43)44-4/h9-18,21,29H,5-8,19-20,39H2,1-4H3,(H,41,42). The molecule has 234 valence electrons. The van der Waals surface area contributed by atoms with Crippen LogP contribution in [0, 0.1) is 6.92 Å². The fourth-order valence-electron chi connectivity index (χ4n) is 6.24. The number of unbranched alkanes of at least 4 members (excludes halogenated alkanes) is 2. The highest BCUT2D eigenvalue weighted by molar-refractivity contribution is 6.34. The van der Waals surface area contributed by atoms with Gasteiger partial charge in [0.1, 0.15) is 5.75 Å². The summed E-state index contributed by atoms with van der Waals surface area (Å²) in [5.74, 6) is -1.88. The number of halogens is 1. The molecule has 1 unspecified atom stereocenters. The molecule has 0 aliphatic carbocycles. The molecule has 1 heterocycles. The van der Waals surface area contributed by atoms with Gasteiger partial charge in [0.15, 0.2) is 5.75 Å². The number of carbonyl (C=O) groups excluding carboxylic acids is 1. The van der Waals surface area contributed by atoms with Crippen molar-refractivity contribution in [3.8, 4) is 22.6 Å². The Bertz CT molecular complexity index is 1740. The number of anilines is 2. The van der Waals surface area contributed by atoms with Crippen molar-refractivity contribution in [1.29, 1.82) is 0 Å². The van der Waals surface area contributed by atoms with E-state index in [1.165, 1.54) is 7.11 Å². The van der Waals surface area contributed by atoms with Crippen LogP contribution in [-0.4, -0.2) is 37.2 Å². The number of benzene rings is 4. The Kier molecular flexibility index (Phi) is 9.68. The molecule has 5 rings (SSSR count). The van der Waals surface area contributed by atoms with E-state index in [-0.39, 0.29) is 33.1 Å². The lowest BCUT2D eigenvalue weighted by Crippen LogP contribution is -2.26. The number of carboxylic acid groups (broad SMARTS) is 1. The van der Waals surface area contributed by atoms with Crippen molar-refractivity contribution in [3.05, 3.63) is 105 Å². The van der Waals surface area contributed by atoms with Gasteiger partial charge in [-0.05, 0) is 43.0 Å². The minimum atomic E-state index is -1.24. The Balaban J connectivity index is 1.86. The number of fused-ring (bicyclic) bond motifs is 2. The van der Waals surface area contributed by atoms with Crippen molar-refractivity contribution in [2.75, 3.05) is 30.8 Å². The first-order valence-electron chi connectivity index (χ1n) is 15.4. The maximum absolute atomic E-state index is 13.4. The Morgan fingerprint density at radius 1 is 0.956 bits per heavy atom. The third-order valence-corrected chi connectivity index (χ3v) is 8.84. The van der Waals surface area contributed by atoms with E-state index in [1.807, 2.05) is 43.3 Å². The lowest BCUT2D eigenvalue weighted by atomic mass is 9.75. The first-order valence-corrected chi connectivity index (χ1v) is 15.8. The van der Waals surface area contributed by atoms with Crippen molar-refractivity contribution >= 4 is 34.9 Å². The fraction of sp³-hybridized carbons (Fsp3) is 0.297. The monoisotopic (exact) mass is 626 g/mol. The Morgan fingerprint density at radius 3 is 2.24 bits per heavy atom. The van der Waals surface area contributed by atoms with Gasteiger partial charge >= 0.3 is 11.9 Å². The molecule has 0 spiro atoms. The minimum Gasteiger partial charge on any atom is -0.478 e. The topological polar surface area (TPSA) is 102 Å². The van der Waals surface area contributed by atoms with Gasteiger partial charge in [-0.2, -0.15) is 0 Å². The summed E-state index contributed by atoms with van der Waals surface area (Å²) in [5.41, 5.74) is 11.2. The van der Waals surface area contributed by atoms with Gasteiger partial charge in [-0.3, -0.25) is 0 Å². The molecule has 45 heavy (non-hydrogen) atoms. The summed E-state index contributed by atoms with van der Waals surface area (Å²) in [5, 5.41) is 11.2. The molecule has 0 aromatic heterocycles. The number of methoxy groups -OCH3 is 1. The second-order valence-electron chi connectivity index (χ2n) is 11.4. The average Bonchev–Trinajstić information content (AvgIpc) is 3.04. The van der Waals surface area contributed by atoms with Crippen molar-refractivity contribution in [2.24, 2.45) is 0 Å². The van der Waals surface area contributed by atoms with Crippen molar-refractivity contribution in [2.45, 2.75) is 52.4 Å². The van der Waals surface area contributed by atoms with Gasteiger partial charge in [-0.15, -0.1) is 0 Å². The third kappa shape index (κ3) is 5.97. The second kappa shape index (κ2) is 13.7. The molecule has 0 fully saturated rings. The number of nitrogens with zero attached hydrogens (tertiary/aromatic N) is 1. The maximum Gasteiger partial charge on any atom is 0.340 e. The number of nitrogens with two attached hydrogens (primary N) is 1. The summed E-state index contributed by atoms with van der Waals surface area (Å²) in [7, 11) is 1.23. The average molecular weight is 627 g/mol. The molecule has 4 aromatic carbocycles. The zero-order valence-electron chi connectivity index (χ0n) is 26.2. The number of nitrogen functional groups attached to an aromatic ring is 1. The first-order chi connectivity index (χ1) is 21.7. The van der Waals surface area contributed by atoms with E-state index in [4.69, 9.17) is 26.8 Å². The number of rotatable bonds is 11. The summed E-state index contributed by atoms with van der Waals surface area (Å²) in [4.78, 5) is 29.1. The van der Waals surface area contributed by atoms with Crippen LogP contribution in [0.15, 0.2) is 66.7 Å². The van der Waals surface area contributed by atoms with Crippen LogP contribution in [-0.2, 0) is 4.74 Å². The highest BCUT2D eigenvalue weighted by Crippen LogP contribution is 2.56. The first kappa shape index (κ1) is 31.9. The van der Waals surface area contributed by atoms with Crippen molar-refractivity contribution < 1.29 is 24.2 Å². The van der Waals surface area contributed by atoms with Crippen LogP contribution in [0.1, 0.15) is 88.4 Å². The molecule has 0 saturated carbocycles. The SMILES string of the molecule is CCCCN(CCCC)c1ccc2c(c1)Oc1c(N)c(C(=O)OC)c(-c3ccccc3Cl)c(C(=O)O)c1C2c1ccccc1C. The van der Waals surface area contributed by atoms with Gasteiger partial charge in [0.2, 0.25) is 0 Å². The van der Waals surface area contributed by atoms with Gasteiger partial charge in [-0.25, -0.2) is 9.59 Å². The van der Waals surface area contributed by atoms with Crippen LogP contribution in [0.4, 0.5) is 11.4 Å². The Labute approximate surface area is 269 Å². The van der Waals surface area contributed by atoms with E-state index >= 15 is 0 Å². The van der Waals surface area contributed by atoms with Gasteiger partial charge in [-0.1, -0.05) is 86.8 Å². The summed E-state index contributed by atoms with van der Waals surface area (Å²) in [6.45, 7) is 8.17. The third-order valence-electron chi connectivity index (χ3n) is 8.51. The van der Waals surface area contributed by atoms with Gasteiger partial charge < -0.3 is 25.2 Å². The summed E-state index contributed by atoms with van der Waals surface area (Å²) in [6, 6.07) is 20.8. The minimum absolute atomic E-state index is 0.000212. The summed E-state index contributed by atoms with van der Waals surface area (Å²) < 4.78 is 11.7. The summed E-state index contributed by atoms with van der Waals surface area (Å²) in [6.07, 6.45) is 4.26. The maximum atomic E-state index is 13.4. The highest BCUT2D eigenvalue weighted by Gasteiger charge is 2.40. The van der Waals surface area contributed by atoms with Gasteiger partial charge in [0, 0.05) is 58.0 Å². The van der Waals surface area contributed by atoms with Crippen LogP contribution in [0.2, 0.25) is 5.02 Å². The number of ether oxygens (including phenoxy) is 2. The molecule has 4 aromatic rings. The fourth-order valence-corrected chi connectivity index (χ4v) is 6.47. The van der Waals surface area contributed by atoms with E-state index < -0.39 is 17.9 Å². The van der Waals surface area contributed by atoms with Crippen LogP contribution in [0.5, 0.6) is 11.5 Å². The van der Waals surface area contributed by atoms with Gasteiger partial charge in [0.05, 0.1) is 23.9 Å². The number of aromatic carboxylic acids is 1. The van der Waals surface area contributed by atoms with E-state index in [0.29, 0.717) is 16.9 Å². The number of carbonyl (C=O) groups is 2. The van der Waals surface area contributed by atoms with Crippen molar-refractivity contribution in [3.63, 3.8) is 0 Å². The zero-order valence-corrected chi connectivity index (χ0v) is 26.9. The normalized spacial score (nSPS) is 13.4. The Morgan fingerprint density at radius 2 is 1.62 bits per heavy atom. The molecular formula is C37H39ClN2O5. The van der Waals surface area contributed by atoms with Crippen LogP contribution in [0.3, 0.4) is 0 Å². The lowest BCUT2D eigenvalue weighted by molar-refractivity contribution is 0.0602. The number of hydrogen-bond donors (Lipinski definition) is 2. The molecule has 7 nitrogen and oxygen atoms in total. The van der Waals surface area contributed by atoms with E-state index in [9.17, 15) is 14.7 Å². The van der Waals surface area contributed by atoms with Crippen LogP contribution >= 0.6 is 11.6 Å². The highest BCUT2D eigenvalue weighted by atomic mass is 35.5. The number of carboxylic acids is 1. The molecule has 0 bridgehead atoms. The zero-order chi connectivity index (χ0) is 32.2. The quantitative estimate of drug-likeness (QED) is 0.111. The molecule has 8 heteroatoms. The van der Waals surface area contributed by atoms with E-state index in [2.05, 4.69) is 24.8 Å². The number of hydrogen-bond acceptors (Lipinski definition) is 6. The molecule has 0 saturated heterocycles. The molecule has 0 amide bonds. The molecule has 3 N–H and O–H groups in total. The van der Waals surface area contributed by atoms with Gasteiger partial charge in [0.25, 0.3) is 0 Å². The predicted octanol–water partition coefficient (Wildman–Crippen LogP) is 9.07. The molecule has 1 aliphatic rings.